The molecule has 2 heterocycles. The van der Waals surface area contributed by atoms with Crippen molar-refractivity contribution in [2.75, 3.05) is 32.6 Å². The molecule has 178 valence electrons. The average Bonchev–Trinajstić information content (AvgIpc) is 3.07. The van der Waals surface area contributed by atoms with Crippen LogP contribution in [0.3, 0.4) is 0 Å². The molecule has 0 unspecified atom stereocenters. The summed E-state index contributed by atoms with van der Waals surface area (Å²) in [7, 11) is -1.37. The number of hydrogen-bond acceptors (Lipinski definition) is 7. The van der Waals surface area contributed by atoms with Crippen molar-refractivity contribution in [2.24, 2.45) is 5.92 Å². The van der Waals surface area contributed by atoms with Gasteiger partial charge in [0.05, 0.1) is 28.7 Å². The molecule has 2 aliphatic rings. The highest BCUT2D eigenvalue weighted by Crippen LogP contribution is 2.28. The predicted octanol–water partition coefficient (Wildman–Crippen LogP) is 1.74. The van der Waals surface area contributed by atoms with Crippen LogP contribution >= 0.6 is 0 Å². The molecule has 0 bridgehead atoms. The SMILES string of the molecule is COC(=O)c1ccccc1S(=O)(=O)N1CCC(C(=O)Nc2ccc3c(c2)C(=O)N(C)C3=O)CC1. The molecule has 2 aromatic carbocycles. The molecular formula is C23H23N3O7S. The van der Waals surface area contributed by atoms with Crippen molar-refractivity contribution in [1.82, 2.24) is 9.21 Å². The van der Waals surface area contributed by atoms with E-state index in [2.05, 4.69) is 5.32 Å². The standard InChI is InChI=1S/C23H23N3O7S/c1-25-21(28)16-8-7-15(13-18(16)22(25)29)24-20(27)14-9-11-26(12-10-14)34(31,32)19-6-4-3-5-17(19)23(30)33-2/h3-8,13-14H,9-12H2,1-2H3,(H,24,27). The number of imide groups is 1. The van der Waals surface area contributed by atoms with Crippen molar-refractivity contribution in [3.63, 3.8) is 0 Å². The quantitative estimate of drug-likeness (QED) is 0.504. The van der Waals surface area contributed by atoms with Gasteiger partial charge in [0, 0.05) is 31.7 Å². The summed E-state index contributed by atoms with van der Waals surface area (Å²) in [5, 5.41) is 2.76. The molecule has 11 heteroatoms. The van der Waals surface area contributed by atoms with Gasteiger partial charge in [0.15, 0.2) is 0 Å². The van der Waals surface area contributed by atoms with Crippen molar-refractivity contribution in [3.05, 3.63) is 59.2 Å². The lowest BCUT2D eigenvalue weighted by Gasteiger charge is -2.31. The van der Waals surface area contributed by atoms with Gasteiger partial charge in [-0.05, 0) is 43.2 Å². The number of nitrogens with zero attached hydrogens (tertiary/aromatic N) is 2. The number of rotatable bonds is 5. The van der Waals surface area contributed by atoms with Gasteiger partial charge >= 0.3 is 5.97 Å². The molecular weight excluding hydrogens is 462 g/mol. The van der Waals surface area contributed by atoms with Crippen LogP contribution in [0.5, 0.6) is 0 Å². The first-order valence-corrected chi connectivity index (χ1v) is 12.0. The number of piperidine rings is 1. The van der Waals surface area contributed by atoms with E-state index >= 15 is 0 Å². The van der Waals surface area contributed by atoms with Crippen LogP contribution in [0.15, 0.2) is 47.4 Å². The van der Waals surface area contributed by atoms with E-state index < -0.39 is 27.8 Å². The van der Waals surface area contributed by atoms with Gasteiger partial charge in [-0.1, -0.05) is 12.1 Å². The van der Waals surface area contributed by atoms with Crippen LogP contribution in [0.4, 0.5) is 5.69 Å². The maximum atomic E-state index is 13.1. The second-order valence-electron chi connectivity index (χ2n) is 8.09. The van der Waals surface area contributed by atoms with E-state index in [1.807, 2.05) is 0 Å². The second-order valence-corrected chi connectivity index (χ2v) is 9.99. The fraction of sp³-hybridized carbons (Fsp3) is 0.304. The van der Waals surface area contributed by atoms with Gasteiger partial charge in [-0.15, -0.1) is 0 Å². The Labute approximate surface area is 196 Å². The summed E-state index contributed by atoms with van der Waals surface area (Å²) in [6, 6.07) is 10.4. The zero-order valence-electron chi connectivity index (χ0n) is 18.6. The van der Waals surface area contributed by atoms with E-state index in [4.69, 9.17) is 4.74 Å². The van der Waals surface area contributed by atoms with Crippen LogP contribution in [0.2, 0.25) is 0 Å². The van der Waals surface area contributed by atoms with Gasteiger partial charge in [0.1, 0.15) is 0 Å². The number of esters is 1. The fourth-order valence-electron chi connectivity index (χ4n) is 4.15. The van der Waals surface area contributed by atoms with E-state index in [1.165, 1.54) is 48.8 Å². The molecule has 2 aliphatic heterocycles. The van der Waals surface area contributed by atoms with E-state index in [0.717, 1.165) is 4.90 Å². The molecule has 0 radical (unpaired) electrons. The summed E-state index contributed by atoms with van der Waals surface area (Å²) in [5.74, 6) is -2.29. The zero-order valence-corrected chi connectivity index (χ0v) is 19.4. The van der Waals surface area contributed by atoms with Gasteiger partial charge < -0.3 is 10.1 Å². The molecule has 34 heavy (non-hydrogen) atoms. The highest BCUT2D eigenvalue weighted by Gasteiger charge is 2.35. The molecule has 10 nitrogen and oxygen atoms in total. The summed E-state index contributed by atoms with van der Waals surface area (Å²) < 4.78 is 32.2. The smallest absolute Gasteiger partial charge is 0.339 e. The van der Waals surface area contributed by atoms with E-state index in [1.54, 1.807) is 12.1 Å². The maximum Gasteiger partial charge on any atom is 0.339 e. The molecule has 1 saturated heterocycles. The van der Waals surface area contributed by atoms with Crippen LogP contribution in [-0.2, 0) is 19.6 Å². The van der Waals surface area contributed by atoms with Gasteiger partial charge in [-0.2, -0.15) is 4.31 Å². The Balaban J connectivity index is 1.43. The normalized spacial score (nSPS) is 16.9. The molecule has 0 atom stereocenters. The molecule has 4 rings (SSSR count). The van der Waals surface area contributed by atoms with Gasteiger partial charge in [-0.25, -0.2) is 13.2 Å². The van der Waals surface area contributed by atoms with Crippen molar-refractivity contribution in [3.8, 4) is 0 Å². The van der Waals surface area contributed by atoms with Crippen LogP contribution in [-0.4, -0.2) is 68.6 Å². The maximum absolute atomic E-state index is 13.1. The third-order valence-corrected chi connectivity index (χ3v) is 8.05. The Morgan fingerprint density at radius 2 is 1.65 bits per heavy atom. The summed E-state index contributed by atoms with van der Waals surface area (Å²) >= 11 is 0. The molecule has 0 aliphatic carbocycles. The minimum Gasteiger partial charge on any atom is -0.465 e. The number of sulfonamides is 1. The van der Waals surface area contributed by atoms with Crippen LogP contribution in [0, 0.1) is 5.92 Å². The number of amides is 3. The first-order valence-electron chi connectivity index (χ1n) is 10.6. The third-order valence-electron chi connectivity index (χ3n) is 6.09. The van der Waals surface area contributed by atoms with Crippen molar-refractivity contribution in [1.29, 1.82) is 0 Å². The Hall–Kier alpha value is -3.57. The summed E-state index contributed by atoms with van der Waals surface area (Å²) in [6.07, 6.45) is 0.576. The number of carbonyl (C=O) groups is 4. The predicted molar refractivity (Wildman–Crippen MR) is 121 cm³/mol. The average molecular weight is 486 g/mol. The fourth-order valence-corrected chi connectivity index (χ4v) is 5.80. The number of nitrogens with one attached hydrogen (secondary N) is 1. The second kappa shape index (κ2) is 8.99. The Morgan fingerprint density at radius 1 is 1.00 bits per heavy atom. The number of ether oxygens (including phenoxy) is 1. The number of benzene rings is 2. The van der Waals surface area contributed by atoms with Crippen LogP contribution in [0.1, 0.15) is 43.9 Å². The minimum atomic E-state index is -3.95. The number of hydrogen-bond donors (Lipinski definition) is 1. The third kappa shape index (κ3) is 4.08. The van der Waals surface area contributed by atoms with Crippen molar-refractivity contribution < 1.29 is 32.3 Å². The Bertz CT molecular complexity index is 1300. The molecule has 0 spiro atoms. The number of anilines is 1. The van der Waals surface area contributed by atoms with E-state index in [9.17, 15) is 27.6 Å². The van der Waals surface area contributed by atoms with Gasteiger partial charge in [-0.3, -0.25) is 19.3 Å². The largest absolute Gasteiger partial charge is 0.465 e. The highest BCUT2D eigenvalue weighted by molar-refractivity contribution is 7.89. The Kier molecular flexibility index (Phi) is 6.24. The monoisotopic (exact) mass is 485 g/mol. The number of fused-ring (bicyclic) bond motifs is 1. The number of methoxy groups -OCH3 is 1. The topological polar surface area (TPSA) is 130 Å². The Morgan fingerprint density at radius 3 is 2.32 bits per heavy atom. The molecule has 1 fully saturated rings. The van der Waals surface area contributed by atoms with E-state index in [0.29, 0.717) is 5.69 Å². The van der Waals surface area contributed by atoms with Crippen LogP contribution in [0.25, 0.3) is 0 Å². The molecule has 0 saturated carbocycles. The van der Waals surface area contributed by atoms with Crippen LogP contribution < -0.4 is 5.32 Å². The van der Waals surface area contributed by atoms with Gasteiger partial charge in [0.2, 0.25) is 15.9 Å². The van der Waals surface area contributed by atoms with E-state index in [-0.39, 0.29) is 59.3 Å². The molecule has 2 aromatic rings. The first kappa shape index (κ1) is 23.6. The summed E-state index contributed by atoms with van der Waals surface area (Å²) in [4.78, 5) is 49.9. The zero-order chi connectivity index (χ0) is 24.6. The van der Waals surface area contributed by atoms with Crippen molar-refractivity contribution >= 4 is 39.4 Å². The molecule has 0 aromatic heterocycles. The lowest BCUT2D eigenvalue weighted by molar-refractivity contribution is -0.120. The van der Waals surface area contributed by atoms with Crippen molar-refractivity contribution in [2.45, 2.75) is 17.7 Å². The molecule has 1 N–H and O–H groups in total. The minimum absolute atomic E-state index is 0.0415. The lowest BCUT2D eigenvalue weighted by atomic mass is 9.97. The first-order chi connectivity index (χ1) is 16.1. The number of carbonyl (C=O) groups excluding carboxylic acids is 4. The molecule has 3 amide bonds. The lowest BCUT2D eigenvalue weighted by Crippen LogP contribution is -2.41. The highest BCUT2D eigenvalue weighted by atomic mass is 32.2. The van der Waals surface area contributed by atoms with Gasteiger partial charge in [0.25, 0.3) is 11.8 Å². The summed E-state index contributed by atoms with van der Waals surface area (Å²) in [5.41, 5.74) is 0.870. The summed E-state index contributed by atoms with van der Waals surface area (Å²) in [6.45, 7) is 0.218.